The molecule has 0 aliphatic carbocycles. The number of ketones is 1. The molecular weight excluding hydrogens is 570 g/mol. The van der Waals surface area contributed by atoms with Gasteiger partial charge in [-0.15, -0.1) is 0 Å². The van der Waals surface area contributed by atoms with Gasteiger partial charge in [0.05, 0.1) is 6.04 Å². The Balaban J connectivity index is 5.96. The van der Waals surface area contributed by atoms with Crippen LogP contribution in [0.4, 0.5) is 0 Å². The van der Waals surface area contributed by atoms with Crippen LogP contribution in [-0.2, 0) is 28.8 Å². The van der Waals surface area contributed by atoms with Crippen molar-refractivity contribution in [1.82, 2.24) is 26.6 Å². The first-order valence-corrected chi connectivity index (χ1v) is 16.9. The Morgan fingerprint density at radius 2 is 1.05 bits per heavy atom. The predicted octanol–water partition coefficient (Wildman–Crippen LogP) is 2.57. The topological polar surface area (TPSA) is 163 Å². The number of amides is 5. The van der Waals surface area contributed by atoms with Crippen molar-refractivity contribution in [3.05, 3.63) is 0 Å². The quantitative estimate of drug-likeness (QED) is 0.139. The lowest BCUT2D eigenvalue weighted by molar-refractivity contribution is -0.136. The Kier molecular flexibility index (Phi) is 19.1. The molecule has 0 rings (SSSR count). The summed E-state index contributed by atoms with van der Waals surface area (Å²) in [5, 5.41) is 13.9. The Hall–Kier alpha value is -2.63. The fourth-order valence-electron chi connectivity index (χ4n) is 4.49. The number of carbonyl (C=O) groups excluding carboxylic acids is 6. The zero-order chi connectivity index (χ0) is 33.4. The molecule has 0 radical (unpaired) electrons. The fourth-order valence-corrected chi connectivity index (χ4v) is 4.96. The highest BCUT2D eigenvalue weighted by molar-refractivity contribution is 7.98. The van der Waals surface area contributed by atoms with Crippen molar-refractivity contribution in [2.45, 2.75) is 125 Å². The van der Waals surface area contributed by atoms with E-state index in [1.807, 2.05) is 47.8 Å². The molecule has 0 aliphatic heterocycles. The standard InChI is InChI=1S/C31H57N5O6S/c1-12-19(7)26(30(41)33-24(21(9)37)16-17(3)4)36-29(40)25(18(5)6)34-31(42)27(20(8)13-2)35-28(39)23(14-15-43-11)32-22(10)38/h17-20,23-27H,12-16H2,1-11H3,(H,32,38)(H,33,41)(H,34,42)(H,35,39)(H,36,40). The number of nitrogens with one attached hydrogen (secondary N) is 5. The molecule has 248 valence electrons. The summed E-state index contributed by atoms with van der Waals surface area (Å²) >= 11 is 1.54. The van der Waals surface area contributed by atoms with Gasteiger partial charge in [0.15, 0.2) is 5.78 Å². The van der Waals surface area contributed by atoms with Crippen LogP contribution in [0, 0.1) is 23.7 Å². The zero-order valence-corrected chi connectivity index (χ0v) is 28.9. The molecule has 0 aromatic rings. The highest BCUT2D eigenvalue weighted by Crippen LogP contribution is 2.14. The van der Waals surface area contributed by atoms with E-state index in [1.165, 1.54) is 13.8 Å². The summed E-state index contributed by atoms with van der Waals surface area (Å²) in [5.74, 6) is -2.48. The minimum atomic E-state index is -0.989. The van der Waals surface area contributed by atoms with E-state index in [-0.39, 0.29) is 35.4 Å². The lowest BCUT2D eigenvalue weighted by Gasteiger charge is -2.31. The average Bonchev–Trinajstić information content (AvgIpc) is 2.92. The second-order valence-electron chi connectivity index (χ2n) is 12.3. The van der Waals surface area contributed by atoms with Crippen LogP contribution in [0.1, 0.15) is 94.9 Å². The van der Waals surface area contributed by atoms with Gasteiger partial charge in [-0.1, -0.05) is 68.2 Å². The van der Waals surface area contributed by atoms with Gasteiger partial charge < -0.3 is 26.6 Å². The van der Waals surface area contributed by atoms with Crippen molar-refractivity contribution in [3.63, 3.8) is 0 Å². The number of thioether (sulfide) groups is 1. The summed E-state index contributed by atoms with van der Waals surface area (Å²) in [4.78, 5) is 77.5. The maximum Gasteiger partial charge on any atom is 0.243 e. The van der Waals surface area contributed by atoms with Crippen molar-refractivity contribution in [2.24, 2.45) is 23.7 Å². The molecule has 11 nitrogen and oxygen atoms in total. The van der Waals surface area contributed by atoms with Gasteiger partial charge in [0.1, 0.15) is 24.2 Å². The molecule has 7 unspecified atom stereocenters. The van der Waals surface area contributed by atoms with Crippen LogP contribution in [0.3, 0.4) is 0 Å². The van der Waals surface area contributed by atoms with Crippen molar-refractivity contribution in [2.75, 3.05) is 12.0 Å². The number of rotatable bonds is 20. The maximum absolute atomic E-state index is 13.6. The Morgan fingerprint density at radius 1 is 0.605 bits per heavy atom. The van der Waals surface area contributed by atoms with Crippen molar-refractivity contribution < 1.29 is 28.8 Å². The fraction of sp³-hybridized carbons (Fsp3) is 0.806. The number of hydrogen-bond donors (Lipinski definition) is 5. The smallest absolute Gasteiger partial charge is 0.243 e. The minimum absolute atomic E-state index is 0.157. The molecule has 0 bridgehead atoms. The predicted molar refractivity (Wildman–Crippen MR) is 172 cm³/mol. The summed E-state index contributed by atoms with van der Waals surface area (Å²) in [6.45, 7) is 17.7. The SMILES string of the molecule is CCC(C)C(NC(=O)C(CCSC)NC(C)=O)C(=O)NC(C(=O)NC(C(=O)NC(CC(C)C)C(C)=O)C(C)CC)C(C)C. The molecular formula is C31H57N5O6S. The van der Waals surface area contributed by atoms with E-state index in [2.05, 4.69) is 26.6 Å². The van der Waals surface area contributed by atoms with Crippen molar-refractivity contribution in [3.8, 4) is 0 Å². The first-order valence-electron chi connectivity index (χ1n) is 15.5. The van der Waals surface area contributed by atoms with Crippen LogP contribution in [0.25, 0.3) is 0 Å². The number of hydrogen-bond acceptors (Lipinski definition) is 7. The van der Waals surface area contributed by atoms with Crippen LogP contribution in [0.2, 0.25) is 0 Å². The van der Waals surface area contributed by atoms with Crippen molar-refractivity contribution >= 4 is 47.1 Å². The molecule has 5 amide bonds. The molecule has 0 saturated heterocycles. The van der Waals surface area contributed by atoms with Crippen molar-refractivity contribution in [1.29, 1.82) is 0 Å². The first-order chi connectivity index (χ1) is 20.0. The number of carbonyl (C=O) groups is 6. The molecule has 7 atom stereocenters. The van der Waals surface area contributed by atoms with Crippen LogP contribution in [0.5, 0.6) is 0 Å². The molecule has 0 saturated carbocycles. The Labute approximate surface area is 263 Å². The summed E-state index contributed by atoms with van der Waals surface area (Å²) in [5.41, 5.74) is 0. The summed E-state index contributed by atoms with van der Waals surface area (Å²) in [6.07, 6.45) is 3.96. The first kappa shape index (κ1) is 40.4. The van der Waals surface area contributed by atoms with E-state index in [1.54, 1.807) is 25.6 Å². The van der Waals surface area contributed by atoms with E-state index in [9.17, 15) is 28.8 Å². The van der Waals surface area contributed by atoms with E-state index in [0.717, 1.165) is 0 Å². The Morgan fingerprint density at radius 3 is 1.44 bits per heavy atom. The summed E-state index contributed by atoms with van der Waals surface area (Å²) in [7, 11) is 0. The minimum Gasteiger partial charge on any atom is -0.345 e. The van der Waals surface area contributed by atoms with Gasteiger partial charge >= 0.3 is 0 Å². The molecule has 0 heterocycles. The van der Waals surface area contributed by atoms with Crippen LogP contribution < -0.4 is 26.6 Å². The third-order valence-electron chi connectivity index (χ3n) is 7.65. The molecule has 0 spiro atoms. The largest absolute Gasteiger partial charge is 0.345 e. The van der Waals surface area contributed by atoms with Crippen LogP contribution in [0.15, 0.2) is 0 Å². The molecule has 0 fully saturated rings. The second kappa shape index (κ2) is 20.3. The van der Waals surface area contributed by atoms with Gasteiger partial charge in [-0.3, -0.25) is 28.8 Å². The molecule has 0 aliphatic rings. The van der Waals surface area contributed by atoms with Crippen LogP contribution >= 0.6 is 11.8 Å². The van der Waals surface area contributed by atoms with E-state index in [4.69, 9.17) is 0 Å². The van der Waals surface area contributed by atoms with Gasteiger partial charge in [0, 0.05) is 6.92 Å². The summed E-state index contributed by atoms with van der Waals surface area (Å²) in [6, 6.07) is -4.30. The summed E-state index contributed by atoms with van der Waals surface area (Å²) < 4.78 is 0. The maximum atomic E-state index is 13.6. The third kappa shape index (κ3) is 14.6. The molecule has 0 aromatic carbocycles. The monoisotopic (exact) mass is 627 g/mol. The zero-order valence-electron chi connectivity index (χ0n) is 28.1. The highest BCUT2D eigenvalue weighted by atomic mass is 32.2. The van der Waals surface area contributed by atoms with Gasteiger partial charge in [0.2, 0.25) is 29.5 Å². The van der Waals surface area contributed by atoms with Crippen LogP contribution in [-0.4, -0.2) is 77.5 Å². The lowest BCUT2D eigenvalue weighted by Crippen LogP contribution is -2.61. The van der Waals surface area contributed by atoms with Gasteiger partial charge in [-0.05, 0) is 55.4 Å². The second-order valence-corrected chi connectivity index (χ2v) is 13.3. The van der Waals surface area contributed by atoms with E-state index in [0.29, 0.717) is 31.4 Å². The molecule has 12 heteroatoms. The van der Waals surface area contributed by atoms with E-state index < -0.39 is 53.8 Å². The number of Topliss-reactive ketones (excluding diaryl/α,β-unsaturated/α-hetero) is 1. The molecule has 5 N–H and O–H groups in total. The van der Waals surface area contributed by atoms with Gasteiger partial charge in [-0.2, -0.15) is 11.8 Å². The molecule has 0 aromatic heterocycles. The highest BCUT2D eigenvalue weighted by Gasteiger charge is 2.36. The van der Waals surface area contributed by atoms with Gasteiger partial charge in [-0.25, -0.2) is 0 Å². The molecule has 43 heavy (non-hydrogen) atoms. The van der Waals surface area contributed by atoms with Gasteiger partial charge in [0.25, 0.3) is 0 Å². The normalized spacial score (nSPS) is 16.2. The van der Waals surface area contributed by atoms with E-state index >= 15 is 0 Å². The third-order valence-corrected chi connectivity index (χ3v) is 8.30. The average molecular weight is 628 g/mol. The Bertz CT molecular complexity index is 944. The lowest BCUT2D eigenvalue weighted by atomic mass is 9.94.